The SMILES string of the molecule is CC.CC1CCC(C=O)CC1.COc1ccc(CCC2CCC(C3CCC(C)CC3)CC2)c(F)c1F. The molecule has 0 spiro atoms. The first-order valence-electron chi connectivity index (χ1n) is 14.9. The Morgan fingerprint density at radius 3 is 1.78 bits per heavy atom. The second kappa shape index (κ2) is 16.4. The standard InChI is InChI=1S/C22H32F2O.C8H14O.C2H6/c1-15-3-8-17(9-4-15)18-10-5-16(6-11-18)7-12-19-13-14-20(25-2)22(24)21(19)23;1-7-2-4-8(6-9)5-3-7;1-2/h13-18H,3-12H2,1-2H3;6-8H,2-5H2,1H3;1-2H3. The third-order valence-corrected chi connectivity index (χ3v) is 9.04. The Labute approximate surface area is 220 Å². The zero-order valence-corrected chi connectivity index (χ0v) is 23.7. The van der Waals surface area contributed by atoms with E-state index in [0.717, 1.165) is 49.2 Å². The van der Waals surface area contributed by atoms with E-state index < -0.39 is 11.6 Å². The molecule has 0 unspecified atom stereocenters. The van der Waals surface area contributed by atoms with E-state index in [9.17, 15) is 13.6 Å². The van der Waals surface area contributed by atoms with Gasteiger partial charge in [0.25, 0.3) is 0 Å². The lowest BCUT2D eigenvalue weighted by Crippen LogP contribution is -2.25. The van der Waals surface area contributed by atoms with Gasteiger partial charge in [0.05, 0.1) is 7.11 Å². The van der Waals surface area contributed by atoms with Gasteiger partial charge in [0.2, 0.25) is 5.82 Å². The summed E-state index contributed by atoms with van der Waals surface area (Å²) < 4.78 is 32.7. The van der Waals surface area contributed by atoms with Crippen molar-refractivity contribution >= 4 is 6.29 Å². The van der Waals surface area contributed by atoms with Crippen LogP contribution >= 0.6 is 0 Å². The van der Waals surface area contributed by atoms with Gasteiger partial charge in [-0.1, -0.05) is 72.3 Å². The lowest BCUT2D eigenvalue weighted by atomic mass is 9.69. The van der Waals surface area contributed by atoms with Gasteiger partial charge in [0, 0.05) is 5.92 Å². The average molecular weight is 507 g/mol. The predicted octanol–water partition coefficient (Wildman–Crippen LogP) is 9.58. The zero-order chi connectivity index (χ0) is 26.5. The number of hydrogen-bond acceptors (Lipinski definition) is 2. The Morgan fingerprint density at radius 2 is 1.28 bits per heavy atom. The summed E-state index contributed by atoms with van der Waals surface area (Å²) in [5, 5.41) is 0. The molecule has 3 fully saturated rings. The molecular weight excluding hydrogens is 454 g/mol. The molecule has 3 aliphatic rings. The molecule has 4 rings (SSSR count). The lowest BCUT2D eigenvalue weighted by Gasteiger charge is -2.37. The monoisotopic (exact) mass is 506 g/mol. The maximum Gasteiger partial charge on any atom is 0.200 e. The topological polar surface area (TPSA) is 26.3 Å². The first-order valence-corrected chi connectivity index (χ1v) is 14.9. The molecule has 4 heteroatoms. The highest BCUT2D eigenvalue weighted by Gasteiger charge is 2.30. The van der Waals surface area contributed by atoms with Crippen LogP contribution in [0.2, 0.25) is 0 Å². The summed E-state index contributed by atoms with van der Waals surface area (Å²) in [6, 6.07) is 3.21. The minimum Gasteiger partial charge on any atom is -0.494 e. The van der Waals surface area contributed by atoms with Crippen molar-refractivity contribution in [2.24, 2.45) is 35.5 Å². The average Bonchev–Trinajstić information content (AvgIpc) is 2.92. The van der Waals surface area contributed by atoms with Crippen LogP contribution in [0.15, 0.2) is 12.1 Å². The van der Waals surface area contributed by atoms with Gasteiger partial charge in [0.1, 0.15) is 6.29 Å². The van der Waals surface area contributed by atoms with Crippen LogP contribution in [0.25, 0.3) is 0 Å². The number of aryl methyl sites for hydroxylation is 1. The summed E-state index contributed by atoms with van der Waals surface area (Å²) in [5.41, 5.74) is 0.488. The smallest absolute Gasteiger partial charge is 0.200 e. The van der Waals surface area contributed by atoms with Crippen LogP contribution in [-0.4, -0.2) is 13.4 Å². The van der Waals surface area contributed by atoms with Crippen molar-refractivity contribution < 1.29 is 18.3 Å². The first-order chi connectivity index (χ1) is 17.4. The number of aldehydes is 1. The van der Waals surface area contributed by atoms with Crippen molar-refractivity contribution in [2.75, 3.05) is 7.11 Å². The van der Waals surface area contributed by atoms with Crippen LogP contribution in [0.3, 0.4) is 0 Å². The van der Waals surface area contributed by atoms with Gasteiger partial charge < -0.3 is 9.53 Å². The van der Waals surface area contributed by atoms with Crippen LogP contribution in [0.1, 0.15) is 117 Å². The fourth-order valence-electron chi connectivity index (χ4n) is 6.41. The number of ether oxygens (including phenoxy) is 1. The fourth-order valence-corrected chi connectivity index (χ4v) is 6.41. The third kappa shape index (κ3) is 9.45. The zero-order valence-electron chi connectivity index (χ0n) is 23.7. The van der Waals surface area contributed by atoms with Gasteiger partial charge in [-0.2, -0.15) is 4.39 Å². The highest BCUT2D eigenvalue weighted by atomic mass is 19.2. The molecule has 0 aromatic heterocycles. The minimum atomic E-state index is -0.852. The molecule has 1 aromatic carbocycles. The van der Waals surface area contributed by atoms with Crippen molar-refractivity contribution in [2.45, 2.75) is 118 Å². The number of benzene rings is 1. The molecule has 0 amide bonds. The Balaban J connectivity index is 0.000000347. The van der Waals surface area contributed by atoms with Gasteiger partial charge in [-0.3, -0.25) is 0 Å². The third-order valence-electron chi connectivity index (χ3n) is 9.04. The number of carbonyl (C=O) groups is 1. The van der Waals surface area contributed by atoms with Gasteiger partial charge in [0.15, 0.2) is 11.6 Å². The molecule has 3 aliphatic carbocycles. The van der Waals surface area contributed by atoms with Crippen LogP contribution in [-0.2, 0) is 11.2 Å². The summed E-state index contributed by atoms with van der Waals surface area (Å²) in [5.74, 6) is 3.12. The second-order valence-corrected chi connectivity index (χ2v) is 11.6. The Kier molecular flexibility index (Phi) is 14.0. The quantitative estimate of drug-likeness (QED) is 0.359. The Bertz CT molecular complexity index is 741. The van der Waals surface area contributed by atoms with E-state index >= 15 is 0 Å². The van der Waals surface area contributed by atoms with Crippen molar-refractivity contribution in [1.82, 2.24) is 0 Å². The molecule has 0 atom stereocenters. The number of carbonyl (C=O) groups excluding carboxylic acids is 1. The minimum absolute atomic E-state index is 0.0106. The normalized spacial score (nSPS) is 30.2. The first kappa shape index (κ1) is 30.8. The van der Waals surface area contributed by atoms with E-state index in [4.69, 9.17) is 4.74 Å². The molecule has 36 heavy (non-hydrogen) atoms. The highest BCUT2D eigenvalue weighted by molar-refractivity contribution is 5.53. The van der Waals surface area contributed by atoms with Crippen LogP contribution in [0, 0.1) is 47.1 Å². The molecule has 206 valence electrons. The van der Waals surface area contributed by atoms with Gasteiger partial charge >= 0.3 is 0 Å². The number of rotatable bonds is 6. The Morgan fingerprint density at radius 1 is 0.778 bits per heavy atom. The lowest BCUT2D eigenvalue weighted by molar-refractivity contribution is -0.112. The molecule has 1 aromatic rings. The van der Waals surface area contributed by atoms with E-state index in [2.05, 4.69) is 13.8 Å². The van der Waals surface area contributed by atoms with Gasteiger partial charge in [-0.15, -0.1) is 0 Å². The van der Waals surface area contributed by atoms with Gasteiger partial charge in [-0.05, 0) is 92.6 Å². The fraction of sp³-hybridized carbons (Fsp3) is 0.781. The van der Waals surface area contributed by atoms with Crippen LogP contribution in [0.5, 0.6) is 5.75 Å². The molecule has 0 radical (unpaired) electrons. The maximum absolute atomic E-state index is 14.1. The molecule has 0 saturated heterocycles. The highest BCUT2D eigenvalue weighted by Crippen LogP contribution is 2.42. The van der Waals surface area contributed by atoms with Crippen LogP contribution in [0.4, 0.5) is 8.78 Å². The number of hydrogen-bond donors (Lipinski definition) is 0. The van der Waals surface area contributed by atoms with Crippen molar-refractivity contribution in [3.63, 3.8) is 0 Å². The maximum atomic E-state index is 14.1. The Hall–Kier alpha value is -1.45. The number of methoxy groups -OCH3 is 1. The summed E-state index contributed by atoms with van der Waals surface area (Å²) in [7, 11) is 1.36. The molecular formula is C32H52F2O2. The molecule has 0 N–H and O–H groups in total. The molecule has 2 nitrogen and oxygen atoms in total. The summed E-state index contributed by atoms with van der Waals surface area (Å²) >= 11 is 0. The molecule has 0 bridgehead atoms. The van der Waals surface area contributed by atoms with Crippen LogP contribution < -0.4 is 4.74 Å². The summed E-state index contributed by atoms with van der Waals surface area (Å²) in [6.07, 6.45) is 18.3. The molecule has 3 saturated carbocycles. The second-order valence-electron chi connectivity index (χ2n) is 11.6. The van der Waals surface area contributed by atoms with Crippen molar-refractivity contribution in [1.29, 1.82) is 0 Å². The van der Waals surface area contributed by atoms with E-state index in [1.165, 1.54) is 77.4 Å². The van der Waals surface area contributed by atoms with Crippen molar-refractivity contribution in [3.05, 3.63) is 29.3 Å². The summed E-state index contributed by atoms with van der Waals surface area (Å²) in [6.45, 7) is 8.65. The largest absolute Gasteiger partial charge is 0.494 e. The summed E-state index contributed by atoms with van der Waals surface area (Å²) in [4.78, 5) is 10.3. The van der Waals surface area contributed by atoms with E-state index in [1.807, 2.05) is 13.8 Å². The van der Waals surface area contributed by atoms with Crippen molar-refractivity contribution in [3.8, 4) is 5.75 Å². The molecule has 0 heterocycles. The van der Waals surface area contributed by atoms with E-state index in [-0.39, 0.29) is 5.75 Å². The molecule has 0 aliphatic heterocycles. The van der Waals surface area contributed by atoms with Gasteiger partial charge in [-0.25, -0.2) is 4.39 Å². The van der Waals surface area contributed by atoms with E-state index in [0.29, 0.717) is 23.8 Å². The van der Waals surface area contributed by atoms with E-state index in [1.54, 1.807) is 6.07 Å². The number of halogens is 2. The predicted molar refractivity (Wildman–Crippen MR) is 146 cm³/mol.